The highest BCUT2D eigenvalue weighted by Crippen LogP contribution is 2.52. The molecule has 34 heavy (non-hydrogen) atoms. The van der Waals surface area contributed by atoms with Crippen LogP contribution in [0.4, 0.5) is 22.0 Å². The summed E-state index contributed by atoms with van der Waals surface area (Å²) in [5.41, 5.74) is 0.0372. The second-order valence-corrected chi connectivity index (χ2v) is 9.14. The van der Waals surface area contributed by atoms with Gasteiger partial charge in [0.2, 0.25) is 0 Å². The van der Waals surface area contributed by atoms with Gasteiger partial charge in [0.15, 0.2) is 12.2 Å². The number of halogens is 5. The second kappa shape index (κ2) is 7.84. The van der Waals surface area contributed by atoms with Crippen molar-refractivity contribution in [1.82, 2.24) is 0 Å². The first-order valence-electron chi connectivity index (χ1n) is 9.38. The molecule has 0 amide bonds. The van der Waals surface area contributed by atoms with E-state index in [1.54, 1.807) is 6.07 Å². The van der Waals surface area contributed by atoms with E-state index in [9.17, 15) is 44.8 Å². The molecule has 0 aliphatic carbocycles. The van der Waals surface area contributed by atoms with Crippen LogP contribution in [0.25, 0.3) is 0 Å². The van der Waals surface area contributed by atoms with E-state index in [4.69, 9.17) is 18.8 Å². The zero-order valence-electron chi connectivity index (χ0n) is 16.3. The highest BCUT2D eigenvalue weighted by Gasteiger charge is 2.73. The van der Waals surface area contributed by atoms with Crippen LogP contribution < -0.4 is 0 Å². The Bertz CT molecular complexity index is 1120. The Hall–Kier alpha value is -2.85. The number of fused-ring (bicyclic) bond motifs is 1. The summed E-state index contributed by atoms with van der Waals surface area (Å²) >= 11 is 0. The summed E-state index contributed by atoms with van der Waals surface area (Å²) in [7, 11) is -6.67. The summed E-state index contributed by atoms with van der Waals surface area (Å²) in [5.74, 6) is -7.74. The molecule has 7 unspecified atom stereocenters. The van der Waals surface area contributed by atoms with Gasteiger partial charge in [-0.05, 0) is 12.1 Å². The van der Waals surface area contributed by atoms with E-state index in [1.807, 2.05) is 0 Å². The van der Waals surface area contributed by atoms with Gasteiger partial charge in [-0.2, -0.15) is 30.4 Å². The Morgan fingerprint density at radius 1 is 1.03 bits per heavy atom. The molecule has 0 aromatic heterocycles. The maximum absolute atomic E-state index is 13.8. The van der Waals surface area contributed by atoms with Crippen molar-refractivity contribution in [2.24, 2.45) is 11.8 Å². The van der Waals surface area contributed by atoms with Gasteiger partial charge in [0, 0.05) is 0 Å². The standard InChI is InChI=1S/C18H13F5O10S/c19-17(20,21)16(18(22,23)34(27,28)29)33-15(26)8-7-9-12(32-14(7)25)11(10(8)30-9)31-13(24)6-4-2-1-3-5-6/h1-5,7-12,16H,(H,27,28,29). The lowest BCUT2D eigenvalue weighted by molar-refractivity contribution is -0.261. The number of rotatable bonds is 6. The number of ether oxygens (including phenoxy) is 4. The van der Waals surface area contributed by atoms with Gasteiger partial charge in [0.05, 0.1) is 5.56 Å². The molecule has 0 radical (unpaired) electrons. The van der Waals surface area contributed by atoms with Gasteiger partial charge in [-0.3, -0.25) is 14.1 Å². The molecule has 186 valence electrons. The minimum absolute atomic E-state index is 0.0372. The Morgan fingerprint density at radius 2 is 1.65 bits per heavy atom. The van der Waals surface area contributed by atoms with Crippen LogP contribution in [0.2, 0.25) is 0 Å². The van der Waals surface area contributed by atoms with Crippen molar-refractivity contribution < 1.29 is 68.3 Å². The molecule has 3 heterocycles. The minimum Gasteiger partial charge on any atom is -0.455 e. The van der Waals surface area contributed by atoms with Gasteiger partial charge in [0.1, 0.15) is 24.0 Å². The van der Waals surface area contributed by atoms with Crippen molar-refractivity contribution in [3.63, 3.8) is 0 Å². The number of alkyl halides is 5. The van der Waals surface area contributed by atoms with Crippen molar-refractivity contribution in [1.29, 1.82) is 0 Å². The number of hydrogen-bond acceptors (Lipinski definition) is 9. The smallest absolute Gasteiger partial charge is 0.432 e. The normalized spacial score (nSPS) is 31.2. The third kappa shape index (κ3) is 3.78. The van der Waals surface area contributed by atoms with Gasteiger partial charge in [-0.25, -0.2) is 4.79 Å². The highest BCUT2D eigenvalue weighted by molar-refractivity contribution is 7.86. The van der Waals surface area contributed by atoms with Crippen LogP contribution in [0, 0.1) is 11.8 Å². The van der Waals surface area contributed by atoms with Gasteiger partial charge in [-0.1, -0.05) is 18.2 Å². The maximum Gasteiger partial charge on any atom is 0.432 e. The molecular formula is C18H13F5O10S. The van der Waals surface area contributed by atoms with Crippen LogP contribution in [-0.4, -0.2) is 72.8 Å². The Kier molecular flexibility index (Phi) is 5.60. The van der Waals surface area contributed by atoms with Gasteiger partial charge in [0.25, 0.3) is 6.10 Å². The molecule has 1 N–H and O–H groups in total. The molecule has 1 aromatic rings. The van der Waals surface area contributed by atoms with E-state index in [0.29, 0.717) is 0 Å². The lowest BCUT2D eigenvalue weighted by Crippen LogP contribution is -2.54. The SMILES string of the molecule is O=C(OC1C2OC(=O)C3C2OC1C3C(=O)OC(C(F)(F)F)C(F)(F)S(=O)(=O)O)c1ccccc1. The molecule has 16 heteroatoms. The summed E-state index contributed by atoms with van der Waals surface area (Å²) in [6, 6.07) is 7.29. The Balaban J connectivity index is 1.60. The molecule has 7 atom stereocenters. The molecule has 3 saturated heterocycles. The van der Waals surface area contributed by atoms with Crippen molar-refractivity contribution in [3.8, 4) is 0 Å². The largest absolute Gasteiger partial charge is 0.455 e. The summed E-state index contributed by atoms with van der Waals surface area (Å²) in [5, 5.41) is -5.96. The molecular weight excluding hydrogens is 503 g/mol. The fourth-order valence-electron chi connectivity index (χ4n) is 4.16. The highest BCUT2D eigenvalue weighted by atomic mass is 32.2. The van der Waals surface area contributed by atoms with Crippen LogP contribution in [0.1, 0.15) is 10.4 Å². The maximum atomic E-state index is 13.8. The predicted octanol–water partition coefficient (Wildman–Crippen LogP) is 1.11. The van der Waals surface area contributed by atoms with Crippen molar-refractivity contribution in [2.75, 3.05) is 0 Å². The van der Waals surface area contributed by atoms with E-state index >= 15 is 0 Å². The zero-order valence-corrected chi connectivity index (χ0v) is 17.2. The number of hydrogen-bond donors (Lipinski definition) is 1. The summed E-state index contributed by atoms with van der Waals surface area (Å²) in [6.45, 7) is 0. The predicted molar refractivity (Wildman–Crippen MR) is 93.6 cm³/mol. The molecule has 3 fully saturated rings. The van der Waals surface area contributed by atoms with Gasteiger partial charge < -0.3 is 18.9 Å². The zero-order chi connectivity index (χ0) is 25.2. The second-order valence-electron chi connectivity index (χ2n) is 7.65. The van der Waals surface area contributed by atoms with Crippen molar-refractivity contribution in [3.05, 3.63) is 35.9 Å². The summed E-state index contributed by atoms with van der Waals surface area (Å²) in [4.78, 5) is 37.1. The van der Waals surface area contributed by atoms with Gasteiger partial charge >= 0.3 is 39.5 Å². The Labute approximate surface area is 186 Å². The first kappa shape index (κ1) is 24.3. The van der Waals surface area contributed by atoms with Crippen LogP contribution in [0.3, 0.4) is 0 Å². The lowest BCUT2D eigenvalue weighted by atomic mass is 9.78. The quantitative estimate of drug-likeness (QED) is 0.253. The summed E-state index contributed by atoms with van der Waals surface area (Å²) in [6.07, 6.45) is -16.3. The first-order valence-corrected chi connectivity index (χ1v) is 10.8. The lowest BCUT2D eigenvalue weighted by Gasteiger charge is -2.30. The Morgan fingerprint density at radius 3 is 2.21 bits per heavy atom. The molecule has 0 saturated carbocycles. The minimum atomic E-state index is -6.67. The van der Waals surface area contributed by atoms with E-state index in [-0.39, 0.29) is 5.56 Å². The molecule has 1 aromatic carbocycles. The number of carbonyl (C=O) groups is 3. The summed E-state index contributed by atoms with van der Waals surface area (Å²) < 4.78 is 117. The first-order chi connectivity index (χ1) is 15.6. The molecule has 3 aliphatic rings. The van der Waals surface area contributed by atoms with Crippen LogP contribution >= 0.6 is 0 Å². The number of esters is 3. The third-order valence-electron chi connectivity index (χ3n) is 5.61. The number of carbonyl (C=O) groups excluding carboxylic acids is 3. The van der Waals surface area contributed by atoms with E-state index < -0.39 is 81.8 Å². The average Bonchev–Trinajstić information content (AvgIpc) is 3.34. The fraction of sp³-hybridized carbons (Fsp3) is 0.500. The third-order valence-corrected chi connectivity index (χ3v) is 6.51. The molecule has 0 spiro atoms. The van der Waals surface area contributed by atoms with E-state index in [0.717, 1.165) is 0 Å². The molecule has 10 nitrogen and oxygen atoms in total. The van der Waals surface area contributed by atoms with Crippen LogP contribution in [0.15, 0.2) is 30.3 Å². The molecule has 4 rings (SSSR count). The average molecular weight is 516 g/mol. The van der Waals surface area contributed by atoms with Crippen molar-refractivity contribution in [2.45, 2.75) is 42.0 Å². The molecule has 3 aliphatic heterocycles. The topological polar surface area (TPSA) is 142 Å². The van der Waals surface area contributed by atoms with E-state index in [2.05, 4.69) is 4.74 Å². The van der Waals surface area contributed by atoms with E-state index in [1.165, 1.54) is 24.3 Å². The fourth-order valence-corrected chi connectivity index (χ4v) is 4.61. The van der Waals surface area contributed by atoms with Gasteiger partial charge in [-0.15, -0.1) is 0 Å². The number of benzene rings is 1. The van der Waals surface area contributed by atoms with Crippen LogP contribution in [-0.2, 0) is 38.7 Å². The monoisotopic (exact) mass is 516 g/mol. The van der Waals surface area contributed by atoms with Crippen LogP contribution in [0.5, 0.6) is 0 Å². The van der Waals surface area contributed by atoms with Crippen molar-refractivity contribution >= 4 is 28.0 Å². The molecule has 2 bridgehead atoms.